The van der Waals surface area contributed by atoms with E-state index in [-0.39, 0.29) is 17.4 Å². The van der Waals surface area contributed by atoms with Gasteiger partial charge in [0.2, 0.25) is 11.8 Å². The van der Waals surface area contributed by atoms with Crippen molar-refractivity contribution in [3.05, 3.63) is 74.2 Å². The average molecular weight is 540 g/mol. The van der Waals surface area contributed by atoms with Gasteiger partial charge in [-0.3, -0.25) is 28.9 Å². The van der Waals surface area contributed by atoms with Crippen molar-refractivity contribution in [2.24, 2.45) is 5.92 Å². The topological polar surface area (TPSA) is 146 Å². The molecule has 1 aromatic heterocycles. The van der Waals surface area contributed by atoms with Crippen molar-refractivity contribution < 1.29 is 29.0 Å². The largest absolute Gasteiger partial charge is 0.483 e. The summed E-state index contributed by atoms with van der Waals surface area (Å²) in [6.45, 7) is 0.825. The van der Waals surface area contributed by atoms with E-state index in [0.29, 0.717) is 26.9 Å². The molecule has 0 spiro atoms. The summed E-state index contributed by atoms with van der Waals surface area (Å²) >= 11 is 1.99. The maximum atomic E-state index is 13.3. The second kappa shape index (κ2) is 9.87. The first-order valence-electron chi connectivity index (χ1n) is 11.3. The Hall–Kier alpha value is -3.90. The lowest BCUT2D eigenvalue weighted by molar-refractivity contribution is -0.149. The van der Waals surface area contributed by atoms with E-state index >= 15 is 0 Å². The van der Waals surface area contributed by atoms with Gasteiger partial charge in [-0.2, -0.15) is 0 Å². The van der Waals surface area contributed by atoms with Crippen molar-refractivity contribution in [1.82, 2.24) is 9.88 Å². The van der Waals surface area contributed by atoms with E-state index in [9.17, 15) is 29.1 Å². The predicted octanol–water partition coefficient (Wildman–Crippen LogP) is 2.44. The lowest BCUT2D eigenvalue weighted by atomic mass is 9.82. The van der Waals surface area contributed by atoms with Gasteiger partial charge in [0.15, 0.2) is 6.61 Å². The number of benzene rings is 2. The first-order chi connectivity index (χ1) is 17.7. The number of ether oxygens (including phenoxy) is 1. The molecule has 2 aromatic carbocycles. The van der Waals surface area contributed by atoms with Gasteiger partial charge in [-0.1, -0.05) is 59.5 Å². The Labute approximate surface area is 218 Å². The number of thioether (sulfide) groups is 1. The van der Waals surface area contributed by atoms with Crippen molar-refractivity contribution in [2.75, 3.05) is 18.5 Å². The fourth-order valence-electron chi connectivity index (χ4n) is 4.61. The Kier molecular flexibility index (Phi) is 6.61. The molecule has 37 heavy (non-hydrogen) atoms. The molecule has 5 rings (SSSR count). The quantitative estimate of drug-likeness (QED) is 0.388. The van der Waals surface area contributed by atoms with Crippen molar-refractivity contribution in [3.63, 3.8) is 0 Å². The number of likely N-dealkylation sites (tertiary alicyclic amines) is 1. The third kappa shape index (κ3) is 4.65. The van der Waals surface area contributed by atoms with Crippen LogP contribution in [0.25, 0.3) is 0 Å². The van der Waals surface area contributed by atoms with E-state index in [2.05, 4.69) is 10.3 Å². The van der Waals surface area contributed by atoms with Gasteiger partial charge >= 0.3 is 10.8 Å². The Bertz CT molecular complexity index is 1480. The number of carboxylic acid groups (broad SMARTS) is 1. The van der Waals surface area contributed by atoms with Crippen LogP contribution in [-0.4, -0.2) is 57.1 Å². The summed E-state index contributed by atoms with van der Waals surface area (Å²) in [5, 5.41) is 11.6. The van der Waals surface area contributed by atoms with Gasteiger partial charge in [0.05, 0.1) is 10.9 Å². The highest BCUT2D eigenvalue weighted by atomic mass is 32.2. The van der Waals surface area contributed by atoms with Crippen LogP contribution in [0.2, 0.25) is 0 Å². The normalized spacial score (nSPS) is 20.4. The summed E-state index contributed by atoms with van der Waals surface area (Å²) in [6.07, 6.45) is 0. The van der Waals surface area contributed by atoms with Crippen molar-refractivity contribution in [3.8, 4) is 5.75 Å². The number of anilines is 1. The summed E-state index contributed by atoms with van der Waals surface area (Å²) in [5.74, 6) is -4.25. The number of hydrogen-bond donors (Lipinski definition) is 3. The van der Waals surface area contributed by atoms with Crippen molar-refractivity contribution in [1.29, 1.82) is 0 Å². The maximum absolute atomic E-state index is 13.3. The number of hydrogen-bond acceptors (Lipinski definition) is 8. The molecular formula is C25H21N3O7S2. The number of nitrogens with zero attached hydrogens (tertiary/aromatic N) is 1. The van der Waals surface area contributed by atoms with Gasteiger partial charge in [0.1, 0.15) is 17.5 Å². The molecule has 190 valence electrons. The molecule has 3 N–H and O–H groups in total. The minimum absolute atomic E-state index is 0.310. The Morgan fingerprint density at radius 3 is 2.57 bits per heavy atom. The van der Waals surface area contributed by atoms with Gasteiger partial charge in [0, 0.05) is 22.0 Å². The SMILES string of the molecule is Cc1ccccc1NC(=O)COc1ccccc1[C@@H]1c2sc(=O)[nH]c2SC2C(=O)N(CC(=O)O)C(=O)C21. The molecule has 3 aromatic rings. The number of thiazole rings is 1. The van der Waals surface area contributed by atoms with Gasteiger partial charge in [-0.05, 0) is 24.6 Å². The minimum Gasteiger partial charge on any atom is -0.483 e. The summed E-state index contributed by atoms with van der Waals surface area (Å²) in [6, 6.07) is 14.1. The molecule has 2 unspecified atom stereocenters. The number of imide groups is 1. The zero-order valence-corrected chi connectivity index (χ0v) is 21.1. The lowest BCUT2D eigenvalue weighted by Gasteiger charge is -2.30. The fraction of sp³-hybridized carbons (Fsp3) is 0.240. The molecule has 0 radical (unpaired) electrons. The number of aromatic nitrogens is 1. The van der Waals surface area contributed by atoms with Crippen LogP contribution in [0.5, 0.6) is 5.75 Å². The van der Waals surface area contributed by atoms with Crippen LogP contribution in [0.1, 0.15) is 21.9 Å². The molecular weight excluding hydrogens is 518 g/mol. The van der Waals surface area contributed by atoms with Gasteiger partial charge in [-0.25, -0.2) is 0 Å². The number of aryl methyl sites for hydroxylation is 1. The zero-order valence-electron chi connectivity index (χ0n) is 19.4. The molecule has 1 fully saturated rings. The van der Waals surface area contributed by atoms with E-state index in [0.717, 1.165) is 33.6 Å². The number of aliphatic carboxylic acids is 1. The highest BCUT2D eigenvalue weighted by Crippen LogP contribution is 2.53. The number of nitrogens with one attached hydrogen (secondary N) is 2. The second-order valence-corrected chi connectivity index (χ2v) is 10.8. The summed E-state index contributed by atoms with van der Waals surface area (Å²) in [5.41, 5.74) is 2.08. The van der Waals surface area contributed by atoms with Crippen LogP contribution < -0.4 is 14.9 Å². The number of carbonyl (C=O) groups is 4. The second-order valence-electron chi connectivity index (χ2n) is 8.60. The number of rotatable bonds is 7. The molecule has 2 aliphatic heterocycles. The van der Waals surface area contributed by atoms with Crippen molar-refractivity contribution >= 4 is 52.5 Å². The Morgan fingerprint density at radius 2 is 1.81 bits per heavy atom. The molecule has 12 heteroatoms. The molecule has 3 atom stereocenters. The van der Waals surface area contributed by atoms with Crippen LogP contribution in [-0.2, 0) is 19.2 Å². The first kappa shape index (κ1) is 24.8. The van der Waals surface area contributed by atoms with Crippen LogP contribution in [0.15, 0.2) is 58.4 Å². The molecule has 0 saturated carbocycles. The van der Waals surface area contributed by atoms with Gasteiger partial charge in [0.25, 0.3) is 5.91 Å². The van der Waals surface area contributed by atoms with Crippen LogP contribution in [0, 0.1) is 12.8 Å². The summed E-state index contributed by atoms with van der Waals surface area (Å²) < 4.78 is 5.88. The van der Waals surface area contributed by atoms with E-state index in [1.165, 1.54) is 0 Å². The number of carbonyl (C=O) groups excluding carboxylic acids is 3. The van der Waals surface area contributed by atoms with E-state index in [4.69, 9.17) is 4.74 Å². The van der Waals surface area contributed by atoms with Crippen molar-refractivity contribution in [2.45, 2.75) is 23.1 Å². The number of fused-ring (bicyclic) bond motifs is 2. The van der Waals surface area contributed by atoms with Crippen LogP contribution in [0.4, 0.5) is 5.69 Å². The fourth-order valence-corrected chi connectivity index (χ4v) is 7.14. The Balaban J connectivity index is 1.47. The van der Waals surface area contributed by atoms with E-state index in [1.807, 2.05) is 25.1 Å². The number of carboxylic acids is 1. The monoisotopic (exact) mass is 539 g/mol. The summed E-state index contributed by atoms with van der Waals surface area (Å²) in [7, 11) is 0. The smallest absolute Gasteiger partial charge is 0.323 e. The number of H-pyrrole nitrogens is 1. The number of aromatic amines is 1. The lowest BCUT2D eigenvalue weighted by Crippen LogP contribution is -2.36. The van der Waals surface area contributed by atoms with E-state index < -0.39 is 41.4 Å². The molecule has 0 bridgehead atoms. The molecule has 0 aliphatic carbocycles. The highest BCUT2D eigenvalue weighted by Gasteiger charge is 2.56. The molecule has 10 nitrogen and oxygen atoms in total. The van der Waals surface area contributed by atoms with Crippen LogP contribution in [0.3, 0.4) is 0 Å². The standard InChI is InChI=1S/C25H21N3O7S2/c1-12-6-2-4-8-14(12)26-16(29)11-35-15-9-5-3-7-13(15)18-19-21(36-22-20(18)37-25(34)27-22)24(33)28(23(19)32)10-17(30)31/h2-9,18-19,21H,10-11H2,1H3,(H,26,29)(H,27,34)(H,30,31)/t18-,19?,21?/m0/s1. The van der Waals surface area contributed by atoms with Gasteiger partial charge < -0.3 is 20.1 Å². The van der Waals surface area contributed by atoms with Gasteiger partial charge in [-0.15, -0.1) is 0 Å². The molecule has 1 saturated heterocycles. The molecule has 3 amide bonds. The third-order valence-corrected chi connectivity index (χ3v) is 8.64. The Morgan fingerprint density at radius 1 is 1.08 bits per heavy atom. The zero-order chi connectivity index (χ0) is 26.3. The van der Waals surface area contributed by atoms with Crippen LogP contribution >= 0.6 is 23.1 Å². The predicted molar refractivity (Wildman–Crippen MR) is 136 cm³/mol. The van der Waals surface area contributed by atoms with E-state index in [1.54, 1.807) is 30.3 Å². The molecule has 3 heterocycles. The number of para-hydroxylation sites is 2. The first-order valence-corrected chi connectivity index (χ1v) is 13.0. The molecule has 2 aliphatic rings. The summed E-state index contributed by atoms with van der Waals surface area (Å²) in [4.78, 5) is 66.2. The minimum atomic E-state index is -1.30. The average Bonchev–Trinajstić information content (AvgIpc) is 3.35. The third-order valence-electron chi connectivity index (χ3n) is 6.24. The highest BCUT2D eigenvalue weighted by molar-refractivity contribution is 8.00. The number of amides is 3. The maximum Gasteiger partial charge on any atom is 0.323 e.